The summed E-state index contributed by atoms with van der Waals surface area (Å²) in [6.07, 6.45) is 5.11. The van der Waals surface area contributed by atoms with E-state index in [1.807, 2.05) is 0 Å². The van der Waals surface area contributed by atoms with Crippen LogP contribution in [0.15, 0.2) is 30.4 Å². The molecule has 1 aromatic rings. The number of benzene rings is 1. The molecule has 2 aliphatic carbocycles. The minimum Gasteiger partial charge on any atom is -0.495 e. The van der Waals surface area contributed by atoms with Crippen LogP contribution in [0.25, 0.3) is 0 Å². The van der Waals surface area contributed by atoms with Crippen LogP contribution in [-0.2, 0) is 9.59 Å². The summed E-state index contributed by atoms with van der Waals surface area (Å²) >= 11 is 0. The van der Waals surface area contributed by atoms with Crippen LogP contribution in [0, 0.1) is 23.7 Å². The summed E-state index contributed by atoms with van der Waals surface area (Å²) in [5.74, 6) is 0.429. The molecule has 1 heterocycles. The lowest BCUT2D eigenvalue weighted by molar-refractivity contribution is -0.123. The van der Waals surface area contributed by atoms with Crippen LogP contribution in [0.1, 0.15) is 6.42 Å². The molecule has 1 aliphatic heterocycles. The average Bonchev–Trinajstić information content (AvgIpc) is 3.13. The van der Waals surface area contributed by atoms with E-state index in [0.717, 1.165) is 6.42 Å². The van der Waals surface area contributed by atoms with Crippen molar-refractivity contribution in [1.82, 2.24) is 0 Å². The molecule has 5 heteroatoms. The van der Waals surface area contributed by atoms with Crippen molar-refractivity contribution in [1.29, 1.82) is 0 Å². The Hall–Kier alpha value is -2.30. The molecule has 2 fully saturated rings. The molecule has 0 spiro atoms. The molecular formula is C16H16N2O3. The predicted molar refractivity (Wildman–Crippen MR) is 77.6 cm³/mol. The Morgan fingerprint density at radius 2 is 1.76 bits per heavy atom. The van der Waals surface area contributed by atoms with Gasteiger partial charge in [0.15, 0.2) is 0 Å². The molecule has 4 atom stereocenters. The predicted octanol–water partition coefficient (Wildman–Crippen LogP) is 1.59. The number of nitrogen functional groups attached to an aromatic ring is 1. The maximum Gasteiger partial charge on any atom is 0.238 e. The van der Waals surface area contributed by atoms with E-state index in [9.17, 15) is 9.59 Å². The normalized spacial score (nSPS) is 32.9. The summed E-state index contributed by atoms with van der Waals surface area (Å²) < 4.78 is 5.11. The van der Waals surface area contributed by atoms with E-state index in [1.54, 1.807) is 18.2 Å². The highest BCUT2D eigenvalue weighted by molar-refractivity contribution is 6.23. The molecule has 21 heavy (non-hydrogen) atoms. The molecule has 1 aromatic carbocycles. The summed E-state index contributed by atoms with van der Waals surface area (Å²) in [7, 11) is 1.53. The number of rotatable bonds is 2. The Morgan fingerprint density at radius 3 is 2.29 bits per heavy atom. The number of allylic oxidation sites excluding steroid dienone is 2. The number of nitrogens with zero attached hydrogens (tertiary/aromatic N) is 1. The molecule has 108 valence electrons. The maximum atomic E-state index is 12.7. The first-order chi connectivity index (χ1) is 10.1. The van der Waals surface area contributed by atoms with Gasteiger partial charge in [0.2, 0.25) is 11.8 Å². The minimum atomic E-state index is -0.184. The molecule has 3 aliphatic rings. The Balaban J connectivity index is 1.72. The van der Waals surface area contributed by atoms with Gasteiger partial charge in [0.25, 0.3) is 0 Å². The van der Waals surface area contributed by atoms with Crippen molar-refractivity contribution in [3.63, 3.8) is 0 Å². The SMILES string of the molecule is COc1ccc(N2C(=O)C3C4C=CC(C4)C3C2=O)cc1N. The van der Waals surface area contributed by atoms with E-state index >= 15 is 0 Å². The summed E-state index contributed by atoms with van der Waals surface area (Å²) in [6, 6.07) is 5.03. The summed E-state index contributed by atoms with van der Waals surface area (Å²) in [6.45, 7) is 0. The van der Waals surface area contributed by atoms with Crippen molar-refractivity contribution in [2.45, 2.75) is 6.42 Å². The molecule has 1 saturated heterocycles. The third kappa shape index (κ3) is 1.51. The number of imide groups is 1. The molecule has 1 saturated carbocycles. The lowest BCUT2D eigenvalue weighted by Gasteiger charge is -2.18. The van der Waals surface area contributed by atoms with Crippen LogP contribution in [0.3, 0.4) is 0 Å². The summed E-state index contributed by atoms with van der Waals surface area (Å²) in [4.78, 5) is 26.6. The lowest BCUT2D eigenvalue weighted by atomic mass is 9.85. The van der Waals surface area contributed by atoms with Crippen molar-refractivity contribution in [2.24, 2.45) is 23.7 Å². The van der Waals surface area contributed by atoms with E-state index in [1.165, 1.54) is 12.0 Å². The van der Waals surface area contributed by atoms with E-state index in [4.69, 9.17) is 10.5 Å². The maximum absolute atomic E-state index is 12.7. The minimum absolute atomic E-state index is 0.0913. The van der Waals surface area contributed by atoms with Crippen LogP contribution in [-0.4, -0.2) is 18.9 Å². The molecule has 4 rings (SSSR count). The number of methoxy groups -OCH3 is 1. The Labute approximate surface area is 122 Å². The summed E-state index contributed by atoms with van der Waals surface area (Å²) in [5.41, 5.74) is 6.85. The molecule has 0 aromatic heterocycles. The first kappa shape index (κ1) is 12.4. The number of nitrogens with two attached hydrogens (primary N) is 1. The van der Waals surface area contributed by atoms with Gasteiger partial charge in [-0.05, 0) is 36.5 Å². The second-order valence-corrected chi connectivity index (χ2v) is 5.94. The first-order valence-corrected chi connectivity index (χ1v) is 7.11. The van der Waals surface area contributed by atoms with Gasteiger partial charge in [-0.25, -0.2) is 4.90 Å². The smallest absolute Gasteiger partial charge is 0.238 e. The van der Waals surface area contributed by atoms with Crippen LogP contribution in [0.4, 0.5) is 11.4 Å². The molecule has 2 bridgehead atoms. The van der Waals surface area contributed by atoms with Gasteiger partial charge in [-0.1, -0.05) is 12.2 Å². The zero-order valence-corrected chi connectivity index (χ0v) is 11.7. The largest absolute Gasteiger partial charge is 0.495 e. The van der Waals surface area contributed by atoms with Crippen LogP contribution in [0.2, 0.25) is 0 Å². The standard InChI is InChI=1S/C16H16N2O3/c1-21-12-5-4-10(7-11(12)17)18-15(19)13-8-2-3-9(6-8)14(13)16(18)20/h2-5,7-9,13-14H,6,17H2,1H3. The third-order valence-corrected chi connectivity index (χ3v) is 4.94. The van der Waals surface area contributed by atoms with E-state index < -0.39 is 0 Å². The molecule has 4 unspecified atom stereocenters. The van der Waals surface area contributed by atoms with Gasteiger partial charge in [0.05, 0.1) is 30.3 Å². The lowest BCUT2D eigenvalue weighted by Crippen LogP contribution is -2.32. The fraction of sp³-hybridized carbons (Fsp3) is 0.375. The Morgan fingerprint density at radius 1 is 1.14 bits per heavy atom. The van der Waals surface area contributed by atoms with Crippen LogP contribution >= 0.6 is 0 Å². The zero-order valence-electron chi connectivity index (χ0n) is 11.7. The van der Waals surface area contributed by atoms with Gasteiger partial charge in [-0.2, -0.15) is 0 Å². The quantitative estimate of drug-likeness (QED) is 0.508. The second-order valence-electron chi connectivity index (χ2n) is 5.94. The Bertz CT molecular complexity index is 652. The topological polar surface area (TPSA) is 72.6 Å². The highest BCUT2D eigenvalue weighted by Crippen LogP contribution is 2.53. The van der Waals surface area contributed by atoms with Crippen molar-refractivity contribution < 1.29 is 14.3 Å². The highest BCUT2D eigenvalue weighted by Gasteiger charge is 2.59. The third-order valence-electron chi connectivity index (χ3n) is 4.94. The van der Waals surface area contributed by atoms with E-state index in [-0.39, 0.29) is 35.5 Å². The molecular weight excluding hydrogens is 268 g/mol. The average molecular weight is 284 g/mol. The fourth-order valence-corrected chi connectivity index (χ4v) is 4.02. The number of anilines is 2. The molecule has 2 amide bonds. The number of amides is 2. The number of fused-ring (bicyclic) bond motifs is 5. The number of carbonyl (C=O) groups excluding carboxylic acids is 2. The van der Waals surface area contributed by atoms with Crippen LogP contribution in [0.5, 0.6) is 5.75 Å². The van der Waals surface area contributed by atoms with Gasteiger partial charge < -0.3 is 10.5 Å². The number of carbonyl (C=O) groups is 2. The molecule has 0 radical (unpaired) electrons. The number of hydrogen-bond donors (Lipinski definition) is 1. The van der Waals surface area contributed by atoms with Crippen molar-refractivity contribution in [3.05, 3.63) is 30.4 Å². The van der Waals surface area contributed by atoms with Gasteiger partial charge >= 0.3 is 0 Å². The van der Waals surface area contributed by atoms with Crippen molar-refractivity contribution in [2.75, 3.05) is 17.7 Å². The summed E-state index contributed by atoms with van der Waals surface area (Å²) in [5, 5.41) is 0. The number of hydrogen-bond acceptors (Lipinski definition) is 4. The van der Waals surface area contributed by atoms with E-state index in [2.05, 4.69) is 12.2 Å². The fourth-order valence-electron chi connectivity index (χ4n) is 4.02. The van der Waals surface area contributed by atoms with Gasteiger partial charge in [-0.3, -0.25) is 9.59 Å². The molecule has 5 nitrogen and oxygen atoms in total. The molecule has 2 N–H and O–H groups in total. The second kappa shape index (κ2) is 4.10. The first-order valence-electron chi connectivity index (χ1n) is 7.11. The monoisotopic (exact) mass is 284 g/mol. The van der Waals surface area contributed by atoms with Crippen molar-refractivity contribution in [3.8, 4) is 5.75 Å². The van der Waals surface area contributed by atoms with Crippen molar-refractivity contribution >= 4 is 23.2 Å². The highest BCUT2D eigenvalue weighted by atomic mass is 16.5. The van der Waals surface area contributed by atoms with E-state index in [0.29, 0.717) is 17.1 Å². The number of ether oxygens (including phenoxy) is 1. The van der Waals surface area contributed by atoms with Crippen LogP contribution < -0.4 is 15.4 Å². The van der Waals surface area contributed by atoms with Gasteiger partial charge in [0, 0.05) is 0 Å². The Kier molecular flexibility index (Phi) is 2.43. The zero-order chi connectivity index (χ0) is 14.7. The van der Waals surface area contributed by atoms with Gasteiger partial charge in [-0.15, -0.1) is 0 Å². The van der Waals surface area contributed by atoms with Gasteiger partial charge in [0.1, 0.15) is 5.75 Å².